The Hall–Kier alpha value is -2.84. The zero-order valence-electron chi connectivity index (χ0n) is 12.0. The van der Waals surface area contributed by atoms with E-state index in [1.807, 2.05) is 0 Å². The maximum Gasteiger partial charge on any atom is 0.468 e. The first-order chi connectivity index (χ1) is 10.8. The number of anilines is 1. The van der Waals surface area contributed by atoms with Crippen molar-refractivity contribution in [3.8, 4) is 0 Å². The Morgan fingerprint density at radius 1 is 1.17 bits per heavy atom. The van der Waals surface area contributed by atoms with Crippen LogP contribution in [0.1, 0.15) is 28.0 Å². The van der Waals surface area contributed by atoms with Crippen molar-refractivity contribution < 1.29 is 26.8 Å². The molecule has 0 bridgehead atoms. The molecule has 0 aliphatic heterocycles. The zero-order valence-corrected chi connectivity index (χ0v) is 12.0. The Bertz CT molecular complexity index is 896. The van der Waals surface area contributed by atoms with Crippen LogP contribution in [0.4, 0.5) is 18.9 Å². The molecule has 1 N–H and O–H groups in total. The van der Waals surface area contributed by atoms with Gasteiger partial charge in [-0.3, -0.25) is 4.79 Å². The molecule has 0 atom stereocenters. The van der Waals surface area contributed by atoms with E-state index in [1.165, 1.54) is 18.2 Å². The maximum absolute atomic E-state index is 12.7. The number of alkyl halides is 3. The summed E-state index contributed by atoms with van der Waals surface area (Å²) in [6, 6.07) is 4.19. The lowest BCUT2D eigenvalue weighted by Gasteiger charge is -2.03. The van der Waals surface area contributed by atoms with Gasteiger partial charge in [0.05, 0.1) is 11.4 Å². The summed E-state index contributed by atoms with van der Waals surface area (Å²) in [4.78, 5) is 19.5. The normalized spacial score (nSPS) is 11.9. The smallest absolute Gasteiger partial charge is 0.436 e. The highest BCUT2D eigenvalue weighted by Gasteiger charge is 2.37. The maximum atomic E-state index is 12.7. The second-order valence-corrected chi connectivity index (χ2v) is 4.77. The van der Waals surface area contributed by atoms with Crippen molar-refractivity contribution in [1.82, 2.24) is 9.97 Å². The predicted octanol–water partition coefficient (Wildman–Crippen LogP) is 3.70. The molecule has 3 aromatic rings. The van der Waals surface area contributed by atoms with Crippen molar-refractivity contribution in [3.05, 3.63) is 41.4 Å². The summed E-state index contributed by atoms with van der Waals surface area (Å²) in [5, 5.41) is 2.46. The van der Waals surface area contributed by atoms with Crippen molar-refractivity contribution in [2.24, 2.45) is 0 Å². The number of fused-ring (bicyclic) bond motifs is 1. The van der Waals surface area contributed by atoms with E-state index in [-0.39, 0.29) is 22.5 Å². The fraction of sp³-hybridized carbons (Fsp3) is 0.214. The van der Waals surface area contributed by atoms with Crippen LogP contribution in [0.25, 0.3) is 11.1 Å². The van der Waals surface area contributed by atoms with E-state index in [4.69, 9.17) is 4.42 Å². The second-order valence-electron chi connectivity index (χ2n) is 4.77. The van der Waals surface area contributed by atoms with E-state index in [2.05, 4.69) is 19.7 Å². The second kappa shape index (κ2) is 5.11. The van der Waals surface area contributed by atoms with Gasteiger partial charge in [0, 0.05) is 6.92 Å². The van der Waals surface area contributed by atoms with E-state index in [0.29, 0.717) is 11.6 Å². The third kappa shape index (κ3) is 2.77. The number of nitrogens with one attached hydrogen (secondary N) is 1. The molecule has 1 amide bonds. The zero-order chi connectivity index (χ0) is 16.8. The first-order valence-corrected chi connectivity index (χ1v) is 6.48. The third-order valence-corrected chi connectivity index (χ3v) is 3.02. The molecule has 0 spiro atoms. The fourth-order valence-electron chi connectivity index (χ4n) is 2.09. The SMILES string of the molecule is Cc1nc(C)c(C(=O)Nc2cccc3oc(C(F)(F)F)nc23)o1. The number of carbonyl (C=O) groups excluding carboxylic acids is 1. The van der Waals surface area contributed by atoms with Gasteiger partial charge in [-0.25, -0.2) is 9.97 Å². The van der Waals surface area contributed by atoms with E-state index in [9.17, 15) is 18.0 Å². The van der Waals surface area contributed by atoms with Gasteiger partial charge in [0.15, 0.2) is 11.5 Å². The average Bonchev–Trinajstić information content (AvgIpc) is 3.02. The summed E-state index contributed by atoms with van der Waals surface area (Å²) in [6.07, 6.45) is -4.71. The third-order valence-electron chi connectivity index (χ3n) is 3.02. The minimum absolute atomic E-state index is 0.0148. The number of rotatable bonds is 2. The van der Waals surface area contributed by atoms with Gasteiger partial charge in [-0.15, -0.1) is 0 Å². The van der Waals surface area contributed by atoms with Crippen LogP contribution in [0.15, 0.2) is 27.0 Å². The molecule has 1 aromatic carbocycles. The highest BCUT2D eigenvalue weighted by Crippen LogP contribution is 2.33. The van der Waals surface area contributed by atoms with Gasteiger partial charge in [0.25, 0.3) is 5.91 Å². The minimum atomic E-state index is -4.71. The molecule has 0 saturated carbocycles. The molecule has 0 unspecified atom stereocenters. The summed E-state index contributed by atoms with van der Waals surface area (Å²) in [5.41, 5.74) is 0.283. The van der Waals surface area contributed by atoms with Gasteiger partial charge in [0.2, 0.25) is 5.76 Å². The number of benzene rings is 1. The quantitative estimate of drug-likeness (QED) is 0.777. The number of carbonyl (C=O) groups is 1. The molecule has 0 aliphatic carbocycles. The lowest BCUT2D eigenvalue weighted by atomic mass is 10.2. The molecule has 3 rings (SSSR count). The predicted molar refractivity (Wildman–Crippen MR) is 72.9 cm³/mol. The highest BCUT2D eigenvalue weighted by atomic mass is 19.4. The Labute approximate surface area is 127 Å². The lowest BCUT2D eigenvalue weighted by molar-refractivity contribution is -0.156. The number of aromatic nitrogens is 2. The Morgan fingerprint density at radius 3 is 2.52 bits per heavy atom. The van der Waals surface area contributed by atoms with E-state index in [1.54, 1.807) is 13.8 Å². The monoisotopic (exact) mass is 325 g/mol. The van der Waals surface area contributed by atoms with Crippen LogP contribution in [0.2, 0.25) is 0 Å². The summed E-state index contributed by atoms with van der Waals surface area (Å²) in [7, 11) is 0. The Balaban J connectivity index is 1.98. The number of amides is 1. The van der Waals surface area contributed by atoms with Gasteiger partial charge in [-0.05, 0) is 19.1 Å². The summed E-state index contributed by atoms with van der Waals surface area (Å²) in [6.45, 7) is 3.17. The number of nitrogens with zero attached hydrogens (tertiary/aromatic N) is 2. The molecular formula is C14H10F3N3O3. The first-order valence-electron chi connectivity index (χ1n) is 6.48. The van der Waals surface area contributed by atoms with E-state index >= 15 is 0 Å². The molecule has 9 heteroatoms. The molecule has 23 heavy (non-hydrogen) atoms. The van der Waals surface area contributed by atoms with Crippen molar-refractivity contribution in [3.63, 3.8) is 0 Å². The van der Waals surface area contributed by atoms with E-state index in [0.717, 1.165) is 0 Å². The Kier molecular flexibility index (Phi) is 3.35. The topological polar surface area (TPSA) is 81.2 Å². The molecule has 2 aromatic heterocycles. The molecule has 0 saturated heterocycles. The lowest BCUT2D eigenvalue weighted by Crippen LogP contribution is -2.12. The van der Waals surface area contributed by atoms with Crippen molar-refractivity contribution in [1.29, 1.82) is 0 Å². The molecule has 120 valence electrons. The Morgan fingerprint density at radius 2 is 1.91 bits per heavy atom. The average molecular weight is 325 g/mol. The summed E-state index contributed by atoms with van der Waals surface area (Å²) >= 11 is 0. The molecule has 0 fully saturated rings. The van der Waals surface area contributed by atoms with Gasteiger partial charge >= 0.3 is 12.1 Å². The van der Waals surface area contributed by atoms with Gasteiger partial charge < -0.3 is 14.2 Å². The number of hydrogen-bond donors (Lipinski definition) is 1. The molecule has 6 nitrogen and oxygen atoms in total. The molecule has 2 heterocycles. The van der Waals surface area contributed by atoms with Crippen molar-refractivity contribution in [2.75, 3.05) is 5.32 Å². The number of oxazole rings is 2. The number of halogens is 3. The van der Waals surface area contributed by atoms with Gasteiger partial charge in [-0.1, -0.05) is 6.07 Å². The van der Waals surface area contributed by atoms with Crippen LogP contribution >= 0.6 is 0 Å². The molecule has 0 aliphatic rings. The van der Waals surface area contributed by atoms with Crippen LogP contribution in [0.5, 0.6) is 0 Å². The van der Waals surface area contributed by atoms with Crippen LogP contribution in [-0.4, -0.2) is 15.9 Å². The summed E-state index contributed by atoms with van der Waals surface area (Å²) < 4.78 is 47.9. The largest absolute Gasteiger partial charge is 0.468 e. The standard InChI is InChI=1S/C14H10F3N3O3/c1-6-11(22-7(2)18-6)12(21)19-8-4-3-5-9-10(8)20-13(23-9)14(15,16)17/h3-5H,1-2H3,(H,19,21). The molecule has 0 radical (unpaired) electrons. The van der Waals surface area contributed by atoms with Gasteiger partial charge in [-0.2, -0.15) is 13.2 Å². The number of aryl methyl sites for hydroxylation is 2. The number of para-hydroxylation sites is 1. The van der Waals surface area contributed by atoms with Gasteiger partial charge in [0.1, 0.15) is 5.52 Å². The fourth-order valence-corrected chi connectivity index (χ4v) is 2.09. The van der Waals surface area contributed by atoms with Crippen molar-refractivity contribution in [2.45, 2.75) is 20.0 Å². The van der Waals surface area contributed by atoms with Crippen LogP contribution < -0.4 is 5.32 Å². The minimum Gasteiger partial charge on any atom is -0.436 e. The van der Waals surface area contributed by atoms with E-state index < -0.39 is 18.0 Å². The van der Waals surface area contributed by atoms with Crippen molar-refractivity contribution >= 4 is 22.7 Å². The molecular weight excluding hydrogens is 315 g/mol. The first kappa shape index (κ1) is 15.1. The van der Waals surface area contributed by atoms with Crippen LogP contribution in [0.3, 0.4) is 0 Å². The van der Waals surface area contributed by atoms with Crippen LogP contribution in [0, 0.1) is 13.8 Å². The summed E-state index contributed by atoms with van der Waals surface area (Å²) in [5.74, 6) is -1.71. The highest BCUT2D eigenvalue weighted by molar-refractivity contribution is 6.06. The van der Waals surface area contributed by atoms with Crippen LogP contribution in [-0.2, 0) is 6.18 Å². The number of hydrogen-bond acceptors (Lipinski definition) is 5.